The molecule has 0 radical (unpaired) electrons. The van der Waals surface area contributed by atoms with E-state index in [4.69, 9.17) is 0 Å². The molecule has 1 atom stereocenters. The summed E-state index contributed by atoms with van der Waals surface area (Å²) in [5.41, 5.74) is 0.745. The van der Waals surface area contributed by atoms with E-state index in [9.17, 15) is 9.59 Å². The standard InChI is InChI=1S/C20H32N4O2/c1-4-5-10-22-14-20(9-7-18(22)25)8-6-11-23(15-20)19(26)17-12-21-24(13-17)16(2)3/h12-13,16H,4-11,14-15H2,1-3H3/t20-/m1/s1. The van der Waals surface area contributed by atoms with Crippen molar-refractivity contribution in [2.75, 3.05) is 26.2 Å². The maximum atomic E-state index is 13.0. The molecular weight excluding hydrogens is 328 g/mol. The lowest BCUT2D eigenvalue weighted by Gasteiger charge is -2.48. The van der Waals surface area contributed by atoms with Gasteiger partial charge in [-0.2, -0.15) is 5.10 Å². The van der Waals surface area contributed by atoms with Gasteiger partial charge in [0.2, 0.25) is 5.91 Å². The van der Waals surface area contributed by atoms with Crippen LogP contribution in [-0.2, 0) is 4.79 Å². The van der Waals surface area contributed by atoms with Crippen LogP contribution in [0.3, 0.4) is 0 Å². The van der Waals surface area contributed by atoms with Crippen LogP contribution in [0.5, 0.6) is 0 Å². The molecule has 2 aliphatic heterocycles. The third-order valence-electron chi connectivity index (χ3n) is 5.86. The Labute approximate surface area is 156 Å². The van der Waals surface area contributed by atoms with Crippen LogP contribution in [0.15, 0.2) is 12.4 Å². The highest BCUT2D eigenvalue weighted by molar-refractivity contribution is 5.93. The fourth-order valence-electron chi connectivity index (χ4n) is 4.28. The minimum absolute atomic E-state index is 0.0730. The number of likely N-dealkylation sites (tertiary alicyclic amines) is 2. The fourth-order valence-corrected chi connectivity index (χ4v) is 4.28. The molecule has 0 aromatic carbocycles. The predicted octanol–water partition coefficient (Wildman–Crippen LogP) is 3.11. The number of unbranched alkanes of at least 4 members (excludes halogenated alkanes) is 1. The van der Waals surface area contributed by atoms with E-state index in [1.165, 1.54) is 0 Å². The van der Waals surface area contributed by atoms with Crippen LogP contribution in [0.4, 0.5) is 0 Å². The number of rotatable bonds is 5. The third kappa shape index (κ3) is 3.94. The molecule has 0 N–H and O–H groups in total. The van der Waals surface area contributed by atoms with Gasteiger partial charge >= 0.3 is 0 Å². The second-order valence-electron chi connectivity index (χ2n) is 8.30. The molecule has 144 valence electrons. The van der Waals surface area contributed by atoms with Crippen LogP contribution in [-0.4, -0.2) is 57.6 Å². The largest absolute Gasteiger partial charge is 0.342 e. The smallest absolute Gasteiger partial charge is 0.257 e. The van der Waals surface area contributed by atoms with Crippen LogP contribution in [0.25, 0.3) is 0 Å². The molecule has 3 rings (SSSR count). The second kappa shape index (κ2) is 7.80. The molecule has 0 aliphatic carbocycles. The Kier molecular flexibility index (Phi) is 5.68. The van der Waals surface area contributed by atoms with E-state index in [0.717, 1.165) is 58.3 Å². The Morgan fingerprint density at radius 3 is 2.81 bits per heavy atom. The molecule has 26 heavy (non-hydrogen) atoms. The van der Waals surface area contributed by atoms with Gasteiger partial charge in [-0.15, -0.1) is 0 Å². The van der Waals surface area contributed by atoms with Crippen molar-refractivity contribution in [2.24, 2.45) is 5.41 Å². The van der Waals surface area contributed by atoms with Crippen LogP contribution in [0, 0.1) is 5.41 Å². The van der Waals surface area contributed by atoms with Crippen molar-refractivity contribution in [3.8, 4) is 0 Å². The van der Waals surface area contributed by atoms with Gasteiger partial charge in [-0.1, -0.05) is 13.3 Å². The molecule has 1 aromatic rings. The maximum Gasteiger partial charge on any atom is 0.257 e. The zero-order valence-corrected chi connectivity index (χ0v) is 16.4. The highest BCUT2D eigenvalue weighted by atomic mass is 16.2. The Morgan fingerprint density at radius 1 is 1.31 bits per heavy atom. The summed E-state index contributed by atoms with van der Waals surface area (Å²) in [5.74, 6) is 0.360. The number of nitrogens with zero attached hydrogens (tertiary/aromatic N) is 4. The Bertz CT molecular complexity index is 654. The van der Waals surface area contributed by atoms with E-state index in [2.05, 4.69) is 25.9 Å². The molecule has 2 amide bonds. The minimum atomic E-state index is 0.0730. The van der Waals surface area contributed by atoms with Crippen LogP contribution < -0.4 is 0 Å². The van der Waals surface area contributed by atoms with Crippen molar-refractivity contribution in [1.29, 1.82) is 0 Å². The van der Waals surface area contributed by atoms with Gasteiger partial charge in [0.25, 0.3) is 5.91 Å². The second-order valence-corrected chi connectivity index (χ2v) is 8.30. The molecule has 0 unspecified atom stereocenters. The quantitative estimate of drug-likeness (QED) is 0.811. The Hall–Kier alpha value is -1.85. The summed E-state index contributed by atoms with van der Waals surface area (Å²) in [7, 11) is 0. The summed E-state index contributed by atoms with van der Waals surface area (Å²) < 4.78 is 1.83. The zero-order valence-electron chi connectivity index (χ0n) is 16.4. The van der Waals surface area contributed by atoms with Crippen molar-refractivity contribution < 1.29 is 9.59 Å². The van der Waals surface area contributed by atoms with E-state index in [1.807, 2.05) is 20.7 Å². The van der Waals surface area contributed by atoms with Gasteiger partial charge in [0, 0.05) is 50.3 Å². The molecule has 6 nitrogen and oxygen atoms in total. The summed E-state index contributed by atoms with van der Waals surface area (Å²) in [6, 6.07) is 0.251. The highest BCUT2D eigenvalue weighted by Gasteiger charge is 2.42. The summed E-state index contributed by atoms with van der Waals surface area (Å²) in [6.07, 6.45) is 9.34. The average Bonchev–Trinajstić information content (AvgIpc) is 3.13. The predicted molar refractivity (Wildman–Crippen MR) is 101 cm³/mol. The number of aromatic nitrogens is 2. The van der Waals surface area contributed by atoms with Gasteiger partial charge < -0.3 is 9.80 Å². The van der Waals surface area contributed by atoms with Gasteiger partial charge in [-0.25, -0.2) is 0 Å². The Balaban J connectivity index is 1.69. The number of amides is 2. The number of hydrogen-bond donors (Lipinski definition) is 0. The number of piperidine rings is 2. The molecule has 0 bridgehead atoms. The third-order valence-corrected chi connectivity index (χ3v) is 5.86. The van der Waals surface area contributed by atoms with Crippen molar-refractivity contribution in [3.05, 3.63) is 18.0 Å². The van der Waals surface area contributed by atoms with Crippen LogP contribution in [0.2, 0.25) is 0 Å². The van der Waals surface area contributed by atoms with Crippen molar-refractivity contribution >= 4 is 11.8 Å². The Morgan fingerprint density at radius 2 is 2.12 bits per heavy atom. The molecule has 6 heteroatoms. The van der Waals surface area contributed by atoms with Crippen LogP contribution >= 0.6 is 0 Å². The number of hydrogen-bond acceptors (Lipinski definition) is 3. The normalized spacial score (nSPS) is 23.9. The lowest BCUT2D eigenvalue weighted by Crippen LogP contribution is -2.55. The summed E-state index contributed by atoms with van der Waals surface area (Å²) in [6.45, 7) is 9.49. The average molecular weight is 361 g/mol. The van der Waals surface area contributed by atoms with Crippen molar-refractivity contribution in [1.82, 2.24) is 19.6 Å². The molecule has 2 saturated heterocycles. The minimum Gasteiger partial charge on any atom is -0.342 e. The highest BCUT2D eigenvalue weighted by Crippen LogP contribution is 2.39. The van der Waals surface area contributed by atoms with Gasteiger partial charge in [0.1, 0.15) is 0 Å². The monoisotopic (exact) mass is 360 g/mol. The van der Waals surface area contributed by atoms with Crippen LogP contribution in [0.1, 0.15) is 75.7 Å². The van der Waals surface area contributed by atoms with E-state index in [0.29, 0.717) is 12.0 Å². The fraction of sp³-hybridized carbons (Fsp3) is 0.750. The molecule has 1 spiro atoms. The SMILES string of the molecule is CCCCN1C[C@@]2(CCCN(C(=O)c3cnn(C(C)C)c3)C2)CCC1=O. The molecule has 2 aliphatic rings. The summed E-state index contributed by atoms with van der Waals surface area (Å²) in [5, 5.41) is 4.31. The maximum absolute atomic E-state index is 13.0. The topological polar surface area (TPSA) is 58.4 Å². The molecular formula is C20H32N4O2. The van der Waals surface area contributed by atoms with E-state index < -0.39 is 0 Å². The lowest BCUT2D eigenvalue weighted by molar-refractivity contribution is -0.139. The van der Waals surface area contributed by atoms with E-state index in [-0.39, 0.29) is 23.3 Å². The zero-order chi connectivity index (χ0) is 18.7. The first-order valence-corrected chi connectivity index (χ1v) is 10.1. The summed E-state index contributed by atoms with van der Waals surface area (Å²) >= 11 is 0. The first-order chi connectivity index (χ1) is 12.4. The first kappa shape index (κ1) is 18.9. The van der Waals surface area contributed by atoms with E-state index in [1.54, 1.807) is 6.20 Å². The molecule has 2 fully saturated rings. The molecule has 0 saturated carbocycles. The van der Waals surface area contributed by atoms with Gasteiger partial charge in [-0.3, -0.25) is 14.3 Å². The van der Waals surface area contributed by atoms with Crippen molar-refractivity contribution in [3.63, 3.8) is 0 Å². The van der Waals surface area contributed by atoms with E-state index >= 15 is 0 Å². The first-order valence-electron chi connectivity index (χ1n) is 10.1. The van der Waals surface area contributed by atoms with Gasteiger partial charge in [-0.05, 0) is 39.5 Å². The number of carbonyl (C=O) groups is 2. The number of carbonyl (C=O) groups excluding carboxylic acids is 2. The van der Waals surface area contributed by atoms with Crippen molar-refractivity contribution in [2.45, 2.75) is 65.3 Å². The van der Waals surface area contributed by atoms with Gasteiger partial charge in [0.15, 0.2) is 0 Å². The summed E-state index contributed by atoms with van der Waals surface area (Å²) in [4.78, 5) is 29.3. The molecule has 3 heterocycles. The molecule has 1 aromatic heterocycles. The lowest BCUT2D eigenvalue weighted by atomic mass is 9.73. The van der Waals surface area contributed by atoms with Gasteiger partial charge in [0.05, 0.1) is 11.8 Å².